The largest absolute Gasteiger partial charge is 0.378 e. The lowest BCUT2D eigenvalue weighted by atomic mass is 9.92. The van der Waals surface area contributed by atoms with Crippen LogP contribution >= 0.6 is 0 Å². The number of nitrogens with zero attached hydrogens (tertiary/aromatic N) is 5. The molecule has 0 aliphatic carbocycles. The summed E-state index contributed by atoms with van der Waals surface area (Å²) in [6.45, 7) is 9.64. The summed E-state index contributed by atoms with van der Waals surface area (Å²) in [5, 5.41) is 4.51. The summed E-state index contributed by atoms with van der Waals surface area (Å²) in [4.78, 5) is 37.1. The van der Waals surface area contributed by atoms with Gasteiger partial charge < -0.3 is 14.5 Å². The Morgan fingerprint density at radius 1 is 1.21 bits per heavy atom. The van der Waals surface area contributed by atoms with Gasteiger partial charge in [0, 0.05) is 37.7 Å². The van der Waals surface area contributed by atoms with E-state index in [0.717, 1.165) is 5.69 Å². The molecule has 0 bridgehead atoms. The summed E-state index contributed by atoms with van der Waals surface area (Å²) < 4.78 is 7.02. The van der Waals surface area contributed by atoms with Crippen LogP contribution in [0, 0.1) is 0 Å². The van der Waals surface area contributed by atoms with Gasteiger partial charge in [0.05, 0.1) is 31.1 Å². The molecule has 4 rings (SSSR count). The van der Waals surface area contributed by atoms with Crippen molar-refractivity contribution in [1.29, 1.82) is 0 Å². The van der Waals surface area contributed by atoms with E-state index in [1.165, 1.54) is 0 Å². The van der Waals surface area contributed by atoms with Crippen molar-refractivity contribution in [1.82, 2.24) is 24.6 Å². The van der Waals surface area contributed by atoms with Crippen molar-refractivity contribution in [3.05, 3.63) is 39.1 Å². The van der Waals surface area contributed by atoms with Crippen LogP contribution in [0.2, 0.25) is 0 Å². The molecular weight excluding hydrogens is 372 g/mol. The number of H-pyrrole nitrogens is 1. The molecule has 9 heteroatoms. The summed E-state index contributed by atoms with van der Waals surface area (Å²) in [6.07, 6.45) is 0.497. The van der Waals surface area contributed by atoms with Gasteiger partial charge >= 0.3 is 0 Å². The Bertz CT molecular complexity index is 981. The number of carbonyl (C=O) groups excluding carboxylic acids is 1. The predicted molar refractivity (Wildman–Crippen MR) is 108 cm³/mol. The molecule has 0 aromatic carbocycles. The van der Waals surface area contributed by atoms with E-state index in [0.29, 0.717) is 68.7 Å². The van der Waals surface area contributed by atoms with Gasteiger partial charge in [-0.25, -0.2) is 4.98 Å². The highest BCUT2D eigenvalue weighted by Gasteiger charge is 2.29. The van der Waals surface area contributed by atoms with Crippen LogP contribution in [0.1, 0.15) is 48.2 Å². The molecule has 2 aromatic heterocycles. The topological polar surface area (TPSA) is 96.3 Å². The SMILES string of the molecule is Cn1nc(C(C)(C)C)cc1C(=O)N1CCc2c(nc(N3CCOCC3)[nH]c2=O)C1. The predicted octanol–water partition coefficient (Wildman–Crippen LogP) is 0.836. The van der Waals surface area contributed by atoms with Gasteiger partial charge in [-0.15, -0.1) is 0 Å². The van der Waals surface area contributed by atoms with Crippen LogP contribution in [0.4, 0.5) is 5.95 Å². The summed E-state index contributed by atoms with van der Waals surface area (Å²) in [6, 6.07) is 1.86. The first kappa shape index (κ1) is 19.6. The third-order valence-electron chi connectivity index (χ3n) is 5.53. The molecule has 0 saturated carbocycles. The Kier molecular flexibility index (Phi) is 4.94. The number of hydrogen-bond acceptors (Lipinski definition) is 6. The molecule has 0 spiro atoms. The second kappa shape index (κ2) is 7.29. The van der Waals surface area contributed by atoms with Crippen LogP contribution in [0.25, 0.3) is 0 Å². The maximum Gasteiger partial charge on any atom is 0.272 e. The Morgan fingerprint density at radius 2 is 1.93 bits per heavy atom. The molecule has 2 aromatic rings. The third-order valence-corrected chi connectivity index (χ3v) is 5.53. The first-order chi connectivity index (χ1) is 13.7. The molecule has 4 heterocycles. The smallest absolute Gasteiger partial charge is 0.272 e. The van der Waals surface area contributed by atoms with Crippen LogP contribution in [0.5, 0.6) is 0 Å². The molecule has 1 N–H and O–H groups in total. The number of aromatic nitrogens is 4. The van der Waals surface area contributed by atoms with E-state index >= 15 is 0 Å². The fourth-order valence-electron chi connectivity index (χ4n) is 3.72. The number of rotatable bonds is 2. The summed E-state index contributed by atoms with van der Waals surface area (Å²) in [5.74, 6) is 0.470. The van der Waals surface area contributed by atoms with Gasteiger partial charge in [-0.3, -0.25) is 19.3 Å². The summed E-state index contributed by atoms with van der Waals surface area (Å²) in [7, 11) is 1.79. The van der Waals surface area contributed by atoms with Crippen LogP contribution in [0.3, 0.4) is 0 Å². The number of amides is 1. The second-order valence-corrected chi connectivity index (χ2v) is 8.68. The number of ether oxygens (including phenoxy) is 1. The zero-order chi connectivity index (χ0) is 20.8. The number of anilines is 1. The molecular formula is C20H28N6O3. The third kappa shape index (κ3) is 3.78. The standard InChI is InChI=1S/C20H28N6O3/c1-20(2,3)16-11-15(24(4)23-16)18(28)26-6-5-13-14(12-26)21-19(22-17(13)27)25-7-9-29-10-8-25/h11H,5-10,12H2,1-4H3,(H,21,22,27). The lowest BCUT2D eigenvalue weighted by Crippen LogP contribution is -2.42. The number of fused-ring (bicyclic) bond motifs is 1. The lowest BCUT2D eigenvalue weighted by Gasteiger charge is -2.30. The minimum atomic E-state index is -0.132. The van der Waals surface area contributed by atoms with Crippen molar-refractivity contribution in [2.45, 2.75) is 39.2 Å². The fourth-order valence-corrected chi connectivity index (χ4v) is 3.72. The molecule has 156 valence electrons. The van der Waals surface area contributed by atoms with E-state index in [1.807, 2.05) is 11.0 Å². The van der Waals surface area contributed by atoms with Crippen LogP contribution in [0.15, 0.2) is 10.9 Å². The minimum Gasteiger partial charge on any atom is -0.378 e. The molecule has 1 saturated heterocycles. The molecule has 29 heavy (non-hydrogen) atoms. The molecule has 2 aliphatic rings. The van der Waals surface area contributed by atoms with Crippen molar-refractivity contribution in [2.24, 2.45) is 7.05 Å². The van der Waals surface area contributed by atoms with Crippen molar-refractivity contribution in [3.8, 4) is 0 Å². The molecule has 0 atom stereocenters. The molecule has 2 aliphatic heterocycles. The molecule has 1 fully saturated rings. The van der Waals surface area contributed by atoms with Crippen LogP contribution < -0.4 is 10.5 Å². The monoisotopic (exact) mass is 400 g/mol. The van der Waals surface area contributed by atoms with Gasteiger partial charge in [0.1, 0.15) is 5.69 Å². The van der Waals surface area contributed by atoms with Crippen molar-refractivity contribution >= 4 is 11.9 Å². The number of hydrogen-bond donors (Lipinski definition) is 1. The van der Waals surface area contributed by atoms with Gasteiger partial charge in [-0.1, -0.05) is 20.8 Å². The highest BCUT2D eigenvalue weighted by molar-refractivity contribution is 5.92. The van der Waals surface area contributed by atoms with E-state index in [2.05, 4.69) is 35.8 Å². The van der Waals surface area contributed by atoms with Gasteiger partial charge in [0.25, 0.3) is 11.5 Å². The minimum absolute atomic E-state index is 0.0869. The Labute approximate surface area is 169 Å². The summed E-state index contributed by atoms with van der Waals surface area (Å²) >= 11 is 0. The summed E-state index contributed by atoms with van der Waals surface area (Å²) in [5.41, 5.74) is 2.53. The first-order valence-corrected chi connectivity index (χ1v) is 10.0. The van der Waals surface area contributed by atoms with E-state index in [-0.39, 0.29) is 16.9 Å². The highest BCUT2D eigenvalue weighted by atomic mass is 16.5. The lowest BCUT2D eigenvalue weighted by molar-refractivity contribution is 0.0720. The maximum atomic E-state index is 13.2. The van der Waals surface area contributed by atoms with E-state index in [1.54, 1.807) is 16.6 Å². The van der Waals surface area contributed by atoms with Crippen LogP contribution in [-0.2, 0) is 30.2 Å². The average Bonchev–Trinajstić information content (AvgIpc) is 3.09. The van der Waals surface area contributed by atoms with E-state index < -0.39 is 0 Å². The molecule has 1 amide bonds. The first-order valence-electron chi connectivity index (χ1n) is 10.0. The number of morpholine rings is 1. The second-order valence-electron chi connectivity index (χ2n) is 8.68. The highest BCUT2D eigenvalue weighted by Crippen LogP contribution is 2.23. The number of aromatic amines is 1. The Hall–Kier alpha value is -2.68. The van der Waals surface area contributed by atoms with Crippen molar-refractivity contribution in [3.63, 3.8) is 0 Å². The molecule has 0 radical (unpaired) electrons. The van der Waals surface area contributed by atoms with E-state index in [4.69, 9.17) is 4.74 Å². The van der Waals surface area contributed by atoms with Crippen molar-refractivity contribution in [2.75, 3.05) is 37.7 Å². The Morgan fingerprint density at radius 3 is 2.59 bits per heavy atom. The van der Waals surface area contributed by atoms with Gasteiger partial charge in [-0.2, -0.15) is 5.10 Å². The fraction of sp³-hybridized carbons (Fsp3) is 0.600. The number of nitrogens with one attached hydrogen (secondary N) is 1. The maximum absolute atomic E-state index is 13.2. The Balaban J connectivity index is 1.59. The van der Waals surface area contributed by atoms with Crippen LogP contribution in [-0.4, -0.2) is 63.4 Å². The van der Waals surface area contributed by atoms with Gasteiger partial charge in [-0.05, 0) is 12.5 Å². The van der Waals surface area contributed by atoms with Gasteiger partial charge in [0.2, 0.25) is 5.95 Å². The number of carbonyl (C=O) groups is 1. The average molecular weight is 400 g/mol. The number of aryl methyl sites for hydroxylation is 1. The van der Waals surface area contributed by atoms with Crippen molar-refractivity contribution < 1.29 is 9.53 Å². The zero-order valence-corrected chi connectivity index (χ0v) is 17.5. The quantitative estimate of drug-likeness (QED) is 0.802. The molecule has 9 nitrogen and oxygen atoms in total. The molecule has 0 unspecified atom stereocenters. The zero-order valence-electron chi connectivity index (χ0n) is 17.5. The normalized spacial score (nSPS) is 17.4. The van der Waals surface area contributed by atoms with Gasteiger partial charge in [0.15, 0.2) is 0 Å². The van der Waals surface area contributed by atoms with E-state index in [9.17, 15) is 9.59 Å².